The molecule has 0 fully saturated rings. The average Bonchev–Trinajstić information content (AvgIpc) is 3.39. The molecule has 1 unspecified atom stereocenters. The van der Waals surface area contributed by atoms with Gasteiger partial charge in [-0.1, -0.05) is 0 Å². The first-order chi connectivity index (χ1) is 18.5. The third kappa shape index (κ3) is 5.35. The molecule has 0 saturated carbocycles. The Morgan fingerprint density at radius 3 is 1.95 bits per heavy atom. The molecule has 42 heavy (non-hydrogen) atoms. The minimum absolute atomic E-state index is 0. The van der Waals surface area contributed by atoms with Crippen LogP contribution in [0.4, 0.5) is 0 Å². The average molecular weight is 683 g/mol. The predicted molar refractivity (Wildman–Crippen MR) is 190 cm³/mol. The van der Waals surface area contributed by atoms with Crippen molar-refractivity contribution in [3.63, 3.8) is 0 Å². The molecule has 5 rings (SSSR count). The van der Waals surface area contributed by atoms with Gasteiger partial charge in [0.25, 0.3) is 0 Å². The second-order valence-corrected chi connectivity index (χ2v) is 29.4. The number of hydrogen-bond acceptors (Lipinski definition) is 0. The van der Waals surface area contributed by atoms with Gasteiger partial charge in [0.15, 0.2) is 0 Å². The van der Waals surface area contributed by atoms with Gasteiger partial charge in [0.2, 0.25) is 0 Å². The van der Waals surface area contributed by atoms with Crippen molar-refractivity contribution in [3.8, 4) is 11.1 Å². The van der Waals surface area contributed by atoms with Crippen molar-refractivity contribution in [2.45, 2.75) is 91.1 Å². The second-order valence-electron chi connectivity index (χ2n) is 15.5. The van der Waals surface area contributed by atoms with Gasteiger partial charge in [0.05, 0.1) is 0 Å². The first-order valence-electron chi connectivity index (χ1n) is 15.3. The van der Waals surface area contributed by atoms with E-state index in [4.69, 9.17) is 4.21 Å². The molecule has 0 aliphatic heterocycles. The SMILES string of the molecule is Cl.Cl.[CH2]=[Zr]([CH3])([C]1=C(C)C(C(C)C)=CC1C)([c]1ccccc1)[c]1c(C(C)(C)C)ccc2c1Cc1cc(C(C)(C)C)ccc1-2. The molecule has 0 N–H and O–H groups in total. The summed E-state index contributed by atoms with van der Waals surface area (Å²) < 4.78 is 13.0. The Hall–Kier alpha value is -1.53. The van der Waals surface area contributed by atoms with Crippen molar-refractivity contribution >= 4 is 35.6 Å². The summed E-state index contributed by atoms with van der Waals surface area (Å²) in [5.74, 6) is 0.907. The van der Waals surface area contributed by atoms with E-state index in [0.29, 0.717) is 11.8 Å². The summed E-state index contributed by atoms with van der Waals surface area (Å²) >= 11 is -4.42. The van der Waals surface area contributed by atoms with Crippen LogP contribution >= 0.6 is 24.8 Å². The van der Waals surface area contributed by atoms with Crippen LogP contribution in [0, 0.1) is 11.8 Å². The Labute approximate surface area is 269 Å². The minimum atomic E-state index is -4.42. The van der Waals surface area contributed by atoms with E-state index in [1.54, 1.807) is 12.1 Å². The quantitative estimate of drug-likeness (QED) is 0.201. The molecule has 0 radical (unpaired) electrons. The van der Waals surface area contributed by atoms with Crippen LogP contribution in [-0.4, -0.2) is 4.21 Å². The van der Waals surface area contributed by atoms with Gasteiger partial charge in [-0.2, -0.15) is 0 Å². The van der Waals surface area contributed by atoms with Gasteiger partial charge in [-0.05, 0) is 0 Å². The standard InChI is InChI=1S/C21H25.C10H15.C6H5.CH3.CH2.2ClH.Zr/c1-20(2,3)16-7-9-18-14(12-16)11-15-13-17(21(4,5)6)8-10-19(15)18;1-7(2)10-6-8(3)5-9(10)4;1-2-4-6-5-3-1;;;;;/h7-10,12H,11H2,1-6H3;6-8H,1-4H3;1-5H;1H3;1H2;2*1H;. The molecule has 0 nitrogen and oxygen atoms in total. The Kier molecular flexibility index (Phi) is 9.52. The molecule has 3 aromatic carbocycles. The maximum atomic E-state index is 5.61. The van der Waals surface area contributed by atoms with Gasteiger partial charge >= 0.3 is 247 Å². The number of benzene rings is 3. The normalized spacial score (nSPS) is 17.0. The fourth-order valence-corrected chi connectivity index (χ4v) is 24.6. The van der Waals surface area contributed by atoms with Crippen LogP contribution in [0.2, 0.25) is 4.63 Å². The van der Waals surface area contributed by atoms with Crippen LogP contribution in [0.1, 0.15) is 91.5 Å². The van der Waals surface area contributed by atoms with Crippen LogP contribution < -0.4 is 6.54 Å². The summed E-state index contributed by atoms with van der Waals surface area (Å²) in [6.45, 7) is 23.7. The summed E-state index contributed by atoms with van der Waals surface area (Å²) in [6.07, 6.45) is 3.56. The van der Waals surface area contributed by atoms with Crippen LogP contribution in [0.3, 0.4) is 0 Å². The molecule has 0 aromatic heterocycles. The van der Waals surface area contributed by atoms with Gasteiger partial charge in [-0.15, -0.1) is 24.8 Å². The van der Waals surface area contributed by atoms with Gasteiger partial charge in [0.1, 0.15) is 0 Å². The molecule has 1 atom stereocenters. The molecule has 0 bridgehead atoms. The van der Waals surface area contributed by atoms with E-state index in [1.165, 1.54) is 42.2 Å². The van der Waals surface area contributed by atoms with E-state index in [0.717, 1.165) is 6.42 Å². The molecular formula is C39H52Cl2Zr. The maximum absolute atomic E-state index is 5.61. The van der Waals surface area contributed by atoms with Crippen molar-refractivity contribution in [1.82, 2.24) is 0 Å². The van der Waals surface area contributed by atoms with E-state index >= 15 is 0 Å². The molecule has 3 aromatic rings. The zero-order chi connectivity index (χ0) is 29.4. The van der Waals surface area contributed by atoms with Crippen molar-refractivity contribution in [2.24, 2.45) is 11.8 Å². The topological polar surface area (TPSA) is 0 Å². The van der Waals surface area contributed by atoms with E-state index in [2.05, 4.69) is 141 Å². The molecule has 0 amide bonds. The zero-order valence-corrected chi connectivity index (χ0v) is 31.8. The number of hydrogen-bond donors (Lipinski definition) is 0. The first-order valence-corrected chi connectivity index (χ1v) is 23.2. The first kappa shape index (κ1) is 35.0. The van der Waals surface area contributed by atoms with Crippen molar-refractivity contribution in [1.29, 1.82) is 0 Å². The fraction of sp³-hybridized carbons (Fsp3) is 0.410. The van der Waals surface area contributed by atoms with Crippen LogP contribution in [0.5, 0.6) is 0 Å². The number of allylic oxidation sites excluding steroid dienone is 4. The molecule has 0 saturated heterocycles. The molecule has 0 heterocycles. The molecule has 0 spiro atoms. The summed E-state index contributed by atoms with van der Waals surface area (Å²) in [4.78, 5) is 0. The van der Waals surface area contributed by atoms with Crippen molar-refractivity contribution in [3.05, 3.63) is 103 Å². The summed E-state index contributed by atoms with van der Waals surface area (Å²) in [5.41, 5.74) is 12.0. The summed E-state index contributed by atoms with van der Waals surface area (Å²) in [6, 6.07) is 23.6. The number of rotatable bonds is 4. The Morgan fingerprint density at radius 2 is 1.43 bits per heavy atom. The Morgan fingerprint density at radius 1 is 0.833 bits per heavy atom. The zero-order valence-electron chi connectivity index (χ0n) is 27.7. The molecule has 2 aliphatic rings. The number of fused-ring (bicyclic) bond motifs is 3. The fourth-order valence-electron chi connectivity index (χ4n) is 8.19. The Bertz CT molecular complexity index is 1640. The van der Waals surface area contributed by atoms with Crippen LogP contribution in [0.25, 0.3) is 11.1 Å². The number of halogens is 2. The predicted octanol–water partition coefficient (Wildman–Crippen LogP) is 10.3. The van der Waals surface area contributed by atoms with E-state index in [1.807, 2.05) is 0 Å². The van der Waals surface area contributed by atoms with Gasteiger partial charge in [0, 0.05) is 0 Å². The van der Waals surface area contributed by atoms with Gasteiger partial charge < -0.3 is 0 Å². The summed E-state index contributed by atoms with van der Waals surface area (Å²) in [5, 5.41) is 0. The van der Waals surface area contributed by atoms with E-state index in [9.17, 15) is 0 Å². The molecule has 226 valence electrons. The third-order valence-electron chi connectivity index (χ3n) is 10.1. The van der Waals surface area contributed by atoms with Crippen LogP contribution in [0.15, 0.2) is 81.2 Å². The van der Waals surface area contributed by atoms with Crippen molar-refractivity contribution < 1.29 is 18.3 Å². The Balaban J connectivity index is 0.00000242. The third-order valence-corrected chi connectivity index (χ3v) is 25.1. The molecule has 3 heteroatoms. The van der Waals surface area contributed by atoms with Crippen molar-refractivity contribution in [2.75, 3.05) is 0 Å². The summed E-state index contributed by atoms with van der Waals surface area (Å²) in [7, 11) is 0. The second kappa shape index (κ2) is 11.4. The van der Waals surface area contributed by atoms with Crippen LogP contribution in [-0.2, 0) is 35.5 Å². The van der Waals surface area contributed by atoms with Gasteiger partial charge in [-0.3, -0.25) is 0 Å². The molecular weight excluding hydrogens is 631 g/mol. The molecule has 2 aliphatic carbocycles. The van der Waals surface area contributed by atoms with E-state index < -0.39 is 18.3 Å². The van der Waals surface area contributed by atoms with Gasteiger partial charge in [-0.25, -0.2) is 0 Å². The van der Waals surface area contributed by atoms with E-state index in [-0.39, 0.29) is 35.6 Å². The monoisotopic (exact) mass is 680 g/mol.